The number of hydroxylamine groups is 1. The van der Waals surface area contributed by atoms with Crippen molar-refractivity contribution < 1.29 is 9.94 Å². The molecule has 7 nitrogen and oxygen atoms in total. The Morgan fingerprint density at radius 3 is 2.47 bits per heavy atom. The van der Waals surface area contributed by atoms with Gasteiger partial charge in [0.05, 0.1) is 24.4 Å². The summed E-state index contributed by atoms with van der Waals surface area (Å²) in [6.07, 6.45) is 2.39. The van der Waals surface area contributed by atoms with Crippen molar-refractivity contribution in [1.82, 2.24) is 10.2 Å². The fourth-order valence-corrected chi connectivity index (χ4v) is 3.26. The molecule has 1 unspecified atom stereocenters. The summed E-state index contributed by atoms with van der Waals surface area (Å²) >= 11 is 0. The van der Waals surface area contributed by atoms with Crippen molar-refractivity contribution in [3.63, 3.8) is 0 Å². The quantitative estimate of drug-likeness (QED) is 0.568. The molecule has 1 aliphatic rings. The Labute approximate surface area is 193 Å². The number of nitrogens with one attached hydrogen (secondary N) is 1. The van der Waals surface area contributed by atoms with E-state index in [2.05, 4.69) is 29.3 Å². The van der Waals surface area contributed by atoms with Crippen LogP contribution in [0, 0.1) is 17.2 Å². The minimum absolute atomic E-state index is 0.733. The van der Waals surface area contributed by atoms with Gasteiger partial charge in [0.1, 0.15) is 5.75 Å². The van der Waals surface area contributed by atoms with Crippen LogP contribution in [0.4, 0.5) is 5.69 Å². The van der Waals surface area contributed by atoms with Crippen LogP contribution in [0.1, 0.15) is 24.5 Å². The maximum Gasteiger partial charge on any atom is 0.119 e. The predicted octanol–water partition coefficient (Wildman–Crippen LogP) is 3.13. The van der Waals surface area contributed by atoms with Crippen LogP contribution >= 0.6 is 0 Å². The Balaban J connectivity index is 0.000000278. The lowest BCUT2D eigenvalue weighted by Gasteiger charge is -2.14. The Morgan fingerprint density at radius 1 is 1.28 bits per heavy atom. The minimum atomic E-state index is 0.733. The smallest absolute Gasteiger partial charge is 0.119 e. The fraction of sp³-hybridized carbons (Fsp3) is 0.480. The van der Waals surface area contributed by atoms with Gasteiger partial charge in [0.25, 0.3) is 0 Å². The summed E-state index contributed by atoms with van der Waals surface area (Å²) < 4.78 is 4.95. The SMILES string of the molecule is CC1CCN(CCc2cccc(C#N)c2)C1.CNCCN.COc1ccc(N(C)O)cc1. The molecule has 3 rings (SSSR count). The van der Waals surface area contributed by atoms with Gasteiger partial charge >= 0.3 is 0 Å². The highest BCUT2D eigenvalue weighted by molar-refractivity contribution is 5.45. The number of nitriles is 1. The summed E-state index contributed by atoms with van der Waals surface area (Å²) in [4.78, 5) is 2.52. The molecule has 1 atom stereocenters. The van der Waals surface area contributed by atoms with E-state index < -0.39 is 0 Å². The molecule has 1 fully saturated rings. The Hall–Kier alpha value is -2.63. The molecule has 2 aromatic rings. The first kappa shape index (κ1) is 27.4. The van der Waals surface area contributed by atoms with Crippen molar-refractivity contribution in [3.05, 3.63) is 59.7 Å². The molecular weight excluding hydrogens is 402 g/mol. The first-order chi connectivity index (χ1) is 15.4. The van der Waals surface area contributed by atoms with E-state index in [1.165, 1.54) is 25.1 Å². The number of rotatable bonds is 7. The van der Waals surface area contributed by atoms with Gasteiger partial charge in [0, 0.05) is 33.2 Å². The summed E-state index contributed by atoms with van der Waals surface area (Å²) in [6.45, 7) is 7.56. The topological polar surface area (TPSA) is 97.8 Å². The Morgan fingerprint density at radius 2 is 2.00 bits per heavy atom. The van der Waals surface area contributed by atoms with Crippen LogP contribution in [-0.4, -0.2) is 64.0 Å². The molecule has 32 heavy (non-hydrogen) atoms. The number of ether oxygens (including phenoxy) is 1. The van der Waals surface area contributed by atoms with Gasteiger partial charge in [-0.15, -0.1) is 0 Å². The van der Waals surface area contributed by atoms with E-state index in [0.717, 1.165) is 54.0 Å². The van der Waals surface area contributed by atoms with E-state index in [4.69, 9.17) is 20.9 Å². The number of likely N-dealkylation sites (tertiary alicyclic amines) is 1. The highest BCUT2D eigenvalue weighted by atomic mass is 16.5. The molecule has 1 heterocycles. The van der Waals surface area contributed by atoms with Gasteiger partial charge in [-0.3, -0.25) is 10.3 Å². The largest absolute Gasteiger partial charge is 0.497 e. The van der Waals surface area contributed by atoms with E-state index in [1.807, 2.05) is 25.2 Å². The van der Waals surface area contributed by atoms with Crippen molar-refractivity contribution >= 4 is 5.69 Å². The van der Waals surface area contributed by atoms with Gasteiger partial charge in [-0.25, -0.2) is 0 Å². The van der Waals surface area contributed by atoms with E-state index in [-0.39, 0.29) is 0 Å². The molecule has 176 valence electrons. The number of benzene rings is 2. The van der Waals surface area contributed by atoms with Crippen molar-refractivity contribution in [1.29, 1.82) is 5.26 Å². The monoisotopic (exact) mass is 441 g/mol. The number of hydrogen-bond donors (Lipinski definition) is 3. The zero-order valence-electron chi connectivity index (χ0n) is 19.9. The third-order valence-electron chi connectivity index (χ3n) is 5.12. The molecule has 0 aromatic heterocycles. The summed E-state index contributed by atoms with van der Waals surface area (Å²) in [5, 5.41) is 21.7. The van der Waals surface area contributed by atoms with E-state index in [0.29, 0.717) is 0 Å². The molecule has 0 aliphatic carbocycles. The van der Waals surface area contributed by atoms with Crippen LogP contribution < -0.4 is 20.9 Å². The molecule has 4 N–H and O–H groups in total. The standard InChI is InChI=1S/C14H18N2.C8H11NO2.C3H10N2/c1-12-5-7-16(11-12)8-6-13-3-2-4-14(9-13)10-15;1-9(10)7-3-5-8(11-2)6-4-7;1-5-3-2-4/h2-4,9,12H,5-8,11H2,1H3;3-6,10H,1-2H3;5H,2-4H2,1H3. The van der Waals surface area contributed by atoms with Gasteiger partial charge in [-0.1, -0.05) is 19.1 Å². The van der Waals surface area contributed by atoms with Crippen LogP contribution in [0.5, 0.6) is 5.75 Å². The Kier molecular flexibility index (Phi) is 13.8. The maximum absolute atomic E-state index is 8.98. The summed E-state index contributed by atoms with van der Waals surface area (Å²) in [5.41, 5.74) is 7.87. The van der Waals surface area contributed by atoms with E-state index in [9.17, 15) is 0 Å². The van der Waals surface area contributed by atoms with Gasteiger partial charge in [-0.05, 0) is 74.3 Å². The lowest BCUT2D eigenvalue weighted by molar-refractivity contribution is 0.279. The molecule has 1 aliphatic heterocycles. The lowest BCUT2D eigenvalue weighted by atomic mass is 10.1. The van der Waals surface area contributed by atoms with Gasteiger partial charge in [0.15, 0.2) is 0 Å². The van der Waals surface area contributed by atoms with Gasteiger partial charge in [0.2, 0.25) is 0 Å². The Bertz CT molecular complexity index is 788. The number of methoxy groups -OCH3 is 1. The summed E-state index contributed by atoms with van der Waals surface area (Å²) in [6, 6.07) is 17.3. The first-order valence-electron chi connectivity index (χ1n) is 11.1. The second-order valence-corrected chi connectivity index (χ2v) is 7.87. The third-order valence-corrected chi connectivity index (χ3v) is 5.12. The molecule has 0 radical (unpaired) electrons. The number of likely N-dealkylation sites (N-methyl/N-ethyl adjacent to an activating group) is 1. The first-order valence-corrected chi connectivity index (χ1v) is 11.1. The maximum atomic E-state index is 8.98. The van der Waals surface area contributed by atoms with Gasteiger partial charge in [-0.2, -0.15) is 5.26 Å². The third kappa shape index (κ3) is 11.1. The average molecular weight is 442 g/mol. The minimum Gasteiger partial charge on any atom is -0.497 e. The van der Waals surface area contributed by atoms with E-state index >= 15 is 0 Å². The molecule has 0 spiro atoms. The summed E-state index contributed by atoms with van der Waals surface area (Å²) in [5.74, 6) is 1.64. The molecule has 0 amide bonds. The molecular formula is C25H39N5O2. The van der Waals surface area contributed by atoms with Crippen molar-refractivity contribution in [2.24, 2.45) is 11.7 Å². The van der Waals surface area contributed by atoms with Crippen molar-refractivity contribution in [2.75, 3.05) is 59.0 Å². The van der Waals surface area contributed by atoms with Crippen LogP contribution in [0.2, 0.25) is 0 Å². The molecule has 7 heteroatoms. The van der Waals surface area contributed by atoms with Crippen LogP contribution in [0.15, 0.2) is 48.5 Å². The number of hydrogen-bond acceptors (Lipinski definition) is 7. The zero-order chi connectivity index (χ0) is 23.8. The van der Waals surface area contributed by atoms with Gasteiger partial charge < -0.3 is 20.7 Å². The molecule has 0 saturated carbocycles. The highest BCUT2D eigenvalue weighted by Crippen LogP contribution is 2.17. The molecule has 0 bridgehead atoms. The number of anilines is 1. The second kappa shape index (κ2) is 16.1. The molecule has 1 saturated heterocycles. The average Bonchev–Trinajstić information content (AvgIpc) is 3.24. The fourth-order valence-electron chi connectivity index (χ4n) is 3.26. The van der Waals surface area contributed by atoms with Crippen LogP contribution in [0.3, 0.4) is 0 Å². The lowest BCUT2D eigenvalue weighted by Crippen LogP contribution is -2.23. The molecule has 2 aromatic carbocycles. The van der Waals surface area contributed by atoms with Crippen LogP contribution in [0.25, 0.3) is 0 Å². The normalized spacial score (nSPS) is 15.0. The zero-order valence-corrected chi connectivity index (χ0v) is 19.9. The summed E-state index contributed by atoms with van der Waals surface area (Å²) in [7, 11) is 5.06. The van der Waals surface area contributed by atoms with Crippen molar-refractivity contribution in [3.8, 4) is 11.8 Å². The second-order valence-electron chi connectivity index (χ2n) is 7.87. The van der Waals surface area contributed by atoms with E-state index in [1.54, 1.807) is 38.4 Å². The number of nitrogens with zero attached hydrogens (tertiary/aromatic N) is 3. The van der Waals surface area contributed by atoms with Crippen LogP contribution in [-0.2, 0) is 6.42 Å². The highest BCUT2D eigenvalue weighted by Gasteiger charge is 2.17. The number of nitrogens with two attached hydrogens (primary N) is 1. The van der Waals surface area contributed by atoms with Crippen molar-refractivity contribution in [2.45, 2.75) is 19.8 Å². The predicted molar refractivity (Wildman–Crippen MR) is 131 cm³/mol.